The molecule has 1 aliphatic rings. The second-order valence-corrected chi connectivity index (χ2v) is 5.58. The second-order valence-electron chi connectivity index (χ2n) is 5.58. The summed E-state index contributed by atoms with van der Waals surface area (Å²) in [5.74, 6) is 1.33. The number of rotatable bonds is 4. The van der Waals surface area contributed by atoms with Gasteiger partial charge in [0.25, 0.3) is 0 Å². The molecule has 2 aromatic rings. The van der Waals surface area contributed by atoms with E-state index in [1.54, 1.807) is 32.6 Å². The zero-order valence-electron chi connectivity index (χ0n) is 13.5. The van der Waals surface area contributed by atoms with Gasteiger partial charge < -0.3 is 18.8 Å². The van der Waals surface area contributed by atoms with Crippen LogP contribution in [-0.2, 0) is 4.79 Å². The van der Waals surface area contributed by atoms with E-state index in [4.69, 9.17) is 13.9 Å². The molecule has 5 nitrogen and oxygen atoms in total. The topological polar surface area (TPSA) is 51.9 Å². The van der Waals surface area contributed by atoms with Crippen LogP contribution in [0.3, 0.4) is 0 Å². The molecular weight excluding hydrogens is 294 g/mol. The number of fused-ring (bicyclic) bond motifs is 1. The number of hydrogen-bond acceptors (Lipinski definition) is 4. The van der Waals surface area contributed by atoms with Crippen LogP contribution in [0.2, 0.25) is 0 Å². The van der Waals surface area contributed by atoms with Crippen LogP contribution in [0, 0.1) is 0 Å². The SMILES string of the molecule is COc1cc(/C=C/C(=O)N2CCCCC2)c(OC)c2occc12. The number of carbonyl (C=O) groups is 1. The van der Waals surface area contributed by atoms with Gasteiger partial charge in [-0.3, -0.25) is 4.79 Å². The first-order chi connectivity index (χ1) is 11.2. The molecule has 5 heteroatoms. The molecule has 0 radical (unpaired) electrons. The summed E-state index contributed by atoms with van der Waals surface area (Å²) in [5, 5.41) is 0.851. The summed E-state index contributed by atoms with van der Waals surface area (Å²) in [6, 6.07) is 3.69. The van der Waals surface area contributed by atoms with Gasteiger partial charge in [0.2, 0.25) is 5.91 Å². The van der Waals surface area contributed by atoms with Gasteiger partial charge in [0.15, 0.2) is 11.3 Å². The molecule has 1 aliphatic heterocycles. The predicted octanol–water partition coefficient (Wildman–Crippen LogP) is 3.48. The highest BCUT2D eigenvalue weighted by Crippen LogP contribution is 2.38. The molecule has 1 saturated heterocycles. The third-order valence-corrected chi connectivity index (χ3v) is 4.18. The highest BCUT2D eigenvalue weighted by atomic mass is 16.5. The highest BCUT2D eigenvalue weighted by molar-refractivity contribution is 5.96. The summed E-state index contributed by atoms with van der Waals surface area (Å²) in [7, 11) is 3.20. The zero-order chi connectivity index (χ0) is 16.2. The average Bonchev–Trinajstić information content (AvgIpc) is 3.08. The molecule has 122 valence electrons. The summed E-state index contributed by atoms with van der Waals surface area (Å²) in [6.07, 6.45) is 8.32. The minimum Gasteiger partial charge on any atom is -0.496 e. The predicted molar refractivity (Wildman–Crippen MR) is 88.8 cm³/mol. The smallest absolute Gasteiger partial charge is 0.246 e. The van der Waals surface area contributed by atoms with Crippen molar-refractivity contribution in [1.29, 1.82) is 0 Å². The number of piperidine rings is 1. The fourth-order valence-corrected chi connectivity index (χ4v) is 2.98. The lowest BCUT2D eigenvalue weighted by molar-refractivity contribution is -0.126. The first-order valence-corrected chi connectivity index (χ1v) is 7.83. The Morgan fingerprint density at radius 2 is 2.00 bits per heavy atom. The number of methoxy groups -OCH3 is 2. The summed E-state index contributed by atoms with van der Waals surface area (Å²) >= 11 is 0. The van der Waals surface area contributed by atoms with Gasteiger partial charge in [-0.25, -0.2) is 0 Å². The van der Waals surface area contributed by atoms with Crippen molar-refractivity contribution in [1.82, 2.24) is 4.90 Å². The molecule has 1 amide bonds. The average molecular weight is 315 g/mol. The molecule has 3 rings (SSSR count). The minimum atomic E-state index is 0.0326. The van der Waals surface area contributed by atoms with E-state index < -0.39 is 0 Å². The van der Waals surface area contributed by atoms with Gasteiger partial charge >= 0.3 is 0 Å². The van der Waals surface area contributed by atoms with Crippen LogP contribution in [0.1, 0.15) is 24.8 Å². The van der Waals surface area contributed by atoms with Crippen LogP contribution in [0.15, 0.2) is 28.9 Å². The molecule has 0 saturated carbocycles. The highest BCUT2D eigenvalue weighted by Gasteiger charge is 2.17. The molecule has 2 heterocycles. The van der Waals surface area contributed by atoms with Crippen LogP contribution < -0.4 is 9.47 Å². The first kappa shape index (κ1) is 15.5. The van der Waals surface area contributed by atoms with Crippen LogP contribution in [0.25, 0.3) is 17.0 Å². The second kappa shape index (κ2) is 6.77. The molecule has 1 aromatic carbocycles. The Morgan fingerprint density at radius 1 is 1.22 bits per heavy atom. The lowest BCUT2D eigenvalue weighted by atomic mass is 10.1. The van der Waals surface area contributed by atoms with Gasteiger partial charge in [0.05, 0.1) is 25.9 Å². The fourth-order valence-electron chi connectivity index (χ4n) is 2.98. The Balaban J connectivity index is 1.92. The Hall–Kier alpha value is -2.43. The first-order valence-electron chi connectivity index (χ1n) is 7.83. The van der Waals surface area contributed by atoms with Crippen molar-refractivity contribution in [2.45, 2.75) is 19.3 Å². The Bertz CT molecular complexity index is 726. The van der Waals surface area contributed by atoms with Crippen molar-refractivity contribution >= 4 is 23.0 Å². The third-order valence-electron chi connectivity index (χ3n) is 4.18. The van der Waals surface area contributed by atoms with E-state index in [-0.39, 0.29) is 5.91 Å². The van der Waals surface area contributed by atoms with E-state index in [0.717, 1.165) is 36.9 Å². The number of ether oxygens (including phenoxy) is 2. The maximum absolute atomic E-state index is 12.3. The van der Waals surface area contributed by atoms with Gasteiger partial charge in [0.1, 0.15) is 5.75 Å². The zero-order valence-corrected chi connectivity index (χ0v) is 13.5. The standard InChI is InChI=1S/C18H21NO4/c1-21-15-12-13(17(22-2)18-14(15)8-11-23-18)6-7-16(20)19-9-4-3-5-10-19/h6-8,11-12H,3-5,9-10H2,1-2H3/b7-6+. The molecule has 0 N–H and O–H groups in total. The maximum Gasteiger partial charge on any atom is 0.246 e. The van der Waals surface area contributed by atoms with Crippen molar-refractivity contribution in [2.75, 3.05) is 27.3 Å². The lowest BCUT2D eigenvalue weighted by Crippen LogP contribution is -2.34. The largest absolute Gasteiger partial charge is 0.496 e. The van der Waals surface area contributed by atoms with Gasteiger partial charge in [0, 0.05) is 24.7 Å². The number of amides is 1. The normalized spacial score (nSPS) is 15.3. The molecular formula is C18H21NO4. The number of nitrogens with zero attached hydrogens (tertiary/aromatic N) is 1. The quantitative estimate of drug-likeness (QED) is 0.811. The van der Waals surface area contributed by atoms with Gasteiger partial charge in [-0.2, -0.15) is 0 Å². The summed E-state index contributed by atoms with van der Waals surface area (Å²) < 4.78 is 16.4. The molecule has 0 atom stereocenters. The van der Waals surface area contributed by atoms with Crippen molar-refractivity contribution in [3.05, 3.63) is 30.0 Å². The van der Waals surface area contributed by atoms with Gasteiger partial charge in [-0.05, 0) is 37.5 Å². The number of benzene rings is 1. The molecule has 1 fully saturated rings. The minimum absolute atomic E-state index is 0.0326. The molecule has 0 spiro atoms. The molecule has 1 aromatic heterocycles. The van der Waals surface area contributed by atoms with Crippen molar-refractivity contribution in [3.63, 3.8) is 0 Å². The number of carbonyl (C=O) groups excluding carboxylic acids is 1. The van der Waals surface area contributed by atoms with Crippen LogP contribution in [0.4, 0.5) is 0 Å². The van der Waals surface area contributed by atoms with Crippen LogP contribution in [-0.4, -0.2) is 38.1 Å². The number of hydrogen-bond donors (Lipinski definition) is 0. The van der Waals surface area contributed by atoms with E-state index >= 15 is 0 Å². The molecule has 23 heavy (non-hydrogen) atoms. The summed E-state index contributed by atoms with van der Waals surface area (Å²) in [4.78, 5) is 14.2. The summed E-state index contributed by atoms with van der Waals surface area (Å²) in [5.41, 5.74) is 1.38. The van der Waals surface area contributed by atoms with E-state index in [1.165, 1.54) is 6.42 Å². The summed E-state index contributed by atoms with van der Waals surface area (Å²) in [6.45, 7) is 1.67. The molecule has 0 bridgehead atoms. The third kappa shape index (κ3) is 3.04. The van der Waals surface area contributed by atoms with Gasteiger partial charge in [-0.15, -0.1) is 0 Å². The lowest BCUT2D eigenvalue weighted by Gasteiger charge is -2.25. The number of furan rings is 1. The van der Waals surface area contributed by atoms with Crippen molar-refractivity contribution < 1.29 is 18.7 Å². The van der Waals surface area contributed by atoms with Crippen molar-refractivity contribution in [3.8, 4) is 11.5 Å². The van der Waals surface area contributed by atoms with Crippen LogP contribution in [0.5, 0.6) is 11.5 Å². The van der Waals surface area contributed by atoms with E-state index in [2.05, 4.69) is 0 Å². The fraction of sp³-hybridized carbons (Fsp3) is 0.389. The Morgan fingerprint density at radius 3 is 2.70 bits per heavy atom. The maximum atomic E-state index is 12.3. The van der Waals surface area contributed by atoms with E-state index in [1.807, 2.05) is 17.0 Å². The molecule has 0 unspecified atom stereocenters. The van der Waals surface area contributed by atoms with E-state index in [0.29, 0.717) is 17.1 Å². The molecule has 0 aliphatic carbocycles. The Labute approximate surface area is 135 Å². The monoisotopic (exact) mass is 315 g/mol. The van der Waals surface area contributed by atoms with E-state index in [9.17, 15) is 4.79 Å². The van der Waals surface area contributed by atoms with Crippen molar-refractivity contribution in [2.24, 2.45) is 0 Å². The number of likely N-dealkylation sites (tertiary alicyclic amines) is 1. The van der Waals surface area contributed by atoms with Crippen LogP contribution >= 0.6 is 0 Å². The van der Waals surface area contributed by atoms with Gasteiger partial charge in [-0.1, -0.05) is 0 Å². The Kier molecular flexibility index (Phi) is 4.55.